The molecule has 1 unspecified atom stereocenters. The average molecular weight is 409 g/mol. The molecule has 1 aliphatic rings. The number of rotatable bonds is 8. The van der Waals surface area contributed by atoms with Gasteiger partial charge in [0.1, 0.15) is 24.7 Å². The fourth-order valence-electron chi connectivity index (χ4n) is 2.91. The number of alkyl halides is 3. The zero-order valence-corrected chi connectivity index (χ0v) is 15.7. The molecular weight excluding hydrogens is 387 g/mol. The molecule has 1 saturated heterocycles. The third-order valence-corrected chi connectivity index (χ3v) is 4.42. The van der Waals surface area contributed by atoms with Crippen LogP contribution < -0.4 is 14.8 Å². The summed E-state index contributed by atoms with van der Waals surface area (Å²) >= 11 is 0. The number of carbonyl (C=O) groups excluding carboxylic acids is 1. The van der Waals surface area contributed by atoms with E-state index in [2.05, 4.69) is 5.32 Å². The van der Waals surface area contributed by atoms with E-state index in [0.29, 0.717) is 23.7 Å². The largest absolute Gasteiger partial charge is 0.492 e. The highest BCUT2D eigenvalue weighted by molar-refractivity contribution is 5.96. The highest BCUT2D eigenvalue weighted by Crippen LogP contribution is 2.30. The van der Waals surface area contributed by atoms with Crippen molar-refractivity contribution >= 4 is 5.91 Å². The third kappa shape index (κ3) is 6.12. The minimum atomic E-state index is -4.38. The van der Waals surface area contributed by atoms with E-state index in [1.165, 1.54) is 12.1 Å². The van der Waals surface area contributed by atoms with Gasteiger partial charge in [0.05, 0.1) is 23.8 Å². The van der Waals surface area contributed by atoms with Crippen LogP contribution >= 0.6 is 0 Å². The fraction of sp³-hybridized carbons (Fsp3) is 0.381. The first kappa shape index (κ1) is 21.0. The second-order valence-corrected chi connectivity index (χ2v) is 6.57. The van der Waals surface area contributed by atoms with Gasteiger partial charge in [0.2, 0.25) is 0 Å². The Hall–Kier alpha value is -2.74. The molecule has 1 amide bonds. The Kier molecular flexibility index (Phi) is 6.98. The van der Waals surface area contributed by atoms with Crippen molar-refractivity contribution in [2.24, 2.45) is 0 Å². The molecule has 1 atom stereocenters. The predicted molar refractivity (Wildman–Crippen MR) is 100 cm³/mol. The van der Waals surface area contributed by atoms with Gasteiger partial charge in [-0.2, -0.15) is 13.2 Å². The van der Waals surface area contributed by atoms with E-state index < -0.39 is 11.7 Å². The highest BCUT2D eigenvalue weighted by Gasteiger charge is 2.30. The maximum absolute atomic E-state index is 12.5. The van der Waals surface area contributed by atoms with Crippen LogP contribution in [0.2, 0.25) is 0 Å². The van der Waals surface area contributed by atoms with E-state index in [1.807, 2.05) is 0 Å². The van der Waals surface area contributed by atoms with Gasteiger partial charge in [-0.3, -0.25) is 4.79 Å². The number of carbonyl (C=O) groups is 1. The van der Waals surface area contributed by atoms with Crippen LogP contribution in [0.1, 0.15) is 28.8 Å². The summed E-state index contributed by atoms with van der Waals surface area (Å²) < 4.78 is 54.3. The number of hydrogen-bond acceptors (Lipinski definition) is 4. The minimum Gasteiger partial charge on any atom is -0.492 e. The quantitative estimate of drug-likeness (QED) is 0.668. The van der Waals surface area contributed by atoms with Crippen LogP contribution in [-0.2, 0) is 10.9 Å². The zero-order valence-electron chi connectivity index (χ0n) is 15.7. The van der Waals surface area contributed by atoms with Crippen molar-refractivity contribution in [3.8, 4) is 11.5 Å². The van der Waals surface area contributed by atoms with Gasteiger partial charge in [-0.25, -0.2) is 0 Å². The van der Waals surface area contributed by atoms with Gasteiger partial charge in [-0.05, 0) is 49.2 Å². The van der Waals surface area contributed by atoms with Crippen molar-refractivity contribution in [2.75, 3.05) is 26.4 Å². The fourth-order valence-corrected chi connectivity index (χ4v) is 2.91. The van der Waals surface area contributed by atoms with Crippen LogP contribution in [0.4, 0.5) is 13.2 Å². The average Bonchev–Trinajstić information content (AvgIpc) is 3.23. The molecule has 1 heterocycles. The summed E-state index contributed by atoms with van der Waals surface area (Å²) in [5, 5.41) is 2.72. The molecule has 0 aromatic heterocycles. The number of amides is 1. The van der Waals surface area contributed by atoms with Gasteiger partial charge >= 0.3 is 6.18 Å². The number of nitrogens with one attached hydrogen (secondary N) is 1. The number of hydrogen-bond donors (Lipinski definition) is 1. The van der Waals surface area contributed by atoms with Crippen molar-refractivity contribution in [2.45, 2.75) is 25.1 Å². The van der Waals surface area contributed by atoms with Gasteiger partial charge in [0.25, 0.3) is 5.91 Å². The van der Waals surface area contributed by atoms with E-state index in [4.69, 9.17) is 14.2 Å². The van der Waals surface area contributed by atoms with Crippen LogP contribution in [0.3, 0.4) is 0 Å². The monoisotopic (exact) mass is 409 g/mol. The van der Waals surface area contributed by atoms with Crippen molar-refractivity contribution in [3.63, 3.8) is 0 Å². The summed E-state index contributed by atoms with van der Waals surface area (Å²) in [6.45, 7) is 1.44. The second kappa shape index (κ2) is 9.65. The lowest BCUT2D eigenvalue weighted by atomic mass is 10.2. The number of benzene rings is 2. The maximum atomic E-state index is 12.5. The van der Waals surface area contributed by atoms with Crippen LogP contribution in [0.25, 0.3) is 0 Å². The van der Waals surface area contributed by atoms with Crippen LogP contribution in [-0.4, -0.2) is 38.4 Å². The van der Waals surface area contributed by atoms with Gasteiger partial charge in [0, 0.05) is 6.61 Å². The molecule has 1 aliphatic heterocycles. The third-order valence-electron chi connectivity index (χ3n) is 4.42. The van der Waals surface area contributed by atoms with Gasteiger partial charge in [-0.1, -0.05) is 12.1 Å². The lowest BCUT2D eigenvalue weighted by Crippen LogP contribution is -2.28. The Balaban J connectivity index is 1.45. The predicted octanol–water partition coefficient (Wildman–Crippen LogP) is 4.07. The summed E-state index contributed by atoms with van der Waals surface area (Å²) in [6.07, 6.45) is -2.39. The Morgan fingerprint density at radius 1 is 1.10 bits per heavy atom. The van der Waals surface area contributed by atoms with Crippen LogP contribution in [0, 0.1) is 0 Å². The lowest BCUT2D eigenvalue weighted by molar-refractivity contribution is -0.137. The first-order chi connectivity index (χ1) is 13.9. The summed E-state index contributed by atoms with van der Waals surface area (Å²) in [6, 6.07) is 11.3. The molecule has 0 aliphatic carbocycles. The minimum absolute atomic E-state index is 0.0447. The molecule has 0 saturated carbocycles. The van der Waals surface area contributed by atoms with Gasteiger partial charge < -0.3 is 19.5 Å². The molecule has 2 aromatic carbocycles. The lowest BCUT2D eigenvalue weighted by Gasteiger charge is -2.14. The standard InChI is InChI=1S/C21H22F3NO4/c22-21(23,24)15-7-9-16(10-8-15)28-13-11-25-20(26)18-5-1-2-6-19(18)29-14-17-4-3-12-27-17/h1-2,5-10,17H,3-4,11-14H2,(H,25,26). The topological polar surface area (TPSA) is 56.8 Å². The molecular formula is C21H22F3NO4. The molecule has 2 aromatic rings. The molecule has 156 valence electrons. The number of halogens is 3. The van der Waals surface area contributed by atoms with Crippen molar-refractivity contribution in [3.05, 3.63) is 59.7 Å². The summed E-state index contributed by atoms with van der Waals surface area (Å²) in [7, 11) is 0. The molecule has 0 radical (unpaired) electrons. The molecule has 5 nitrogen and oxygen atoms in total. The summed E-state index contributed by atoms with van der Waals surface area (Å²) in [5.41, 5.74) is -0.335. The Morgan fingerprint density at radius 3 is 2.55 bits per heavy atom. The van der Waals surface area contributed by atoms with E-state index in [0.717, 1.165) is 31.6 Å². The van der Waals surface area contributed by atoms with Crippen molar-refractivity contribution in [1.29, 1.82) is 0 Å². The molecule has 8 heteroatoms. The molecule has 29 heavy (non-hydrogen) atoms. The first-order valence-corrected chi connectivity index (χ1v) is 9.35. The number of para-hydroxylation sites is 1. The Labute approximate surface area is 166 Å². The summed E-state index contributed by atoms with van der Waals surface area (Å²) in [4.78, 5) is 12.4. The normalized spacial score (nSPS) is 16.4. The van der Waals surface area contributed by atoms with E-state index in [1.54, 1.807) is 24.3 Å². The highest BCUT2D eigenvalue weighted by atomic mass is 19.4. The van der Waals surface area contributed by atoms with E-state index >= 15 is 0 Å². The SMILES string of the molecule is O=C(NCCOc1ccc(C(F)(F)F)cc1)c1ccccc1OCC1CCCO1. The molecule has 1 N–H and O–H groups in total. The van der Waals surface area contributed by atoms with Gasteiger partial charge in [-0.15, -0.1) is 0 Å². The van der Waals surface area contributed by atoms with Gasteiger partial charge in [0.15, 0.2) is 0 Å². The Morgan fingerprint density at radius 2 is 1.86 bits per heavy atom. The number of ether oxygens (including phenoxy) is 3. The maximum Gasteiger partial charge on any atom is 0.416 e. The van der Waals surface area contributed by atoms with Crippen LogP contribution in [0.5, 0.6) is 11.5 Å². The van der Waals surface area contributed by atoms with Crippen LogP contribution in [0.15, 0.2) is 48.5 Å². The molecule has 1 fully saturated rings. The van der Waals surface area contributed by atoms with E-state index in [-0.39, 0.29) is 25.2 Å². The molecule has 0 spiro atoms. The van der Waals surface area contributed by atoms with E-state index in [9.17, 15) is 18.0 Å². The first-order valence-electron chi connectivity index (χ1n) is 9.35. The molecule has 3 rings (SSSR count). The summed E-state index contributed by atoms with van der Waals surface area (Å²) in [5.74, 6) is 0.459. The second-order valence-electron chi connectivity index (χ2n) is 6.57. The zero-order chi connectivity index (χ0) is 20.7. The molecule has 0 bridgehead atoms. The van der Waals surface area contributed by atoms with Crippen molar-refractivity contribution in [1.82, 2.24) is 5.32 Å². The van der Waals surface area contributed by atoms with Crippen molar-refractivity contribution < 1.29 is 32.2 Å². The Bertz CT molecular complexity index is 802. The smallest absolute Gasteiger partial charge is 0.416 e.